The maximum atomic E-state index is 14.8. The van der Waals surface area contributed by atoms with Crippen LogP contribution < -0.4 is 21.3 Å². The number of aromatic nitrogens is 2. The molecule has 2 aromatic carbocycles. The van der Waals surface area contributed by atoms with Gasteiger partial charge in [-0.25, -0.2) is 9.18 Å². The van der Waals surface area contributed by atoms with Crippen molar-refractivity contribution in [2.24, 2.45) is 0 Å². The van der Waals surface area contributed by atoms with Gasteiger partial charge in [0.2, 0.25) is 0 Å². The van der Waals surface area contributed by atoms with Gasteiger partial charge in [-0.3, -0.25) is 13.9 Å². The molecule has 1 fully saturated rings. The lowest BCUT2D eigenvalue weighted by atomic mass is 10.0. The molecule has 0 spiro atoms. The van der Waals surface area contributed by atoms with E-state index in [2.05, 4.69) is 5.32 Å². The fourth-order valence-corrected chi connectivity index (χ4v) is 5.57. The molecule has 1 aliphatic rings. The van der Waals surface area contributed by atoms with Crippen LogP contribution in [0, 0.1) is 12.7 Å². The Morgan fingerprint density at radius 3 is 2.39 bits per heavy atom. The zero-order valence-corrected chi connectivity index (χ0v) is 24.0. The molecule has 0 aliphatic heterocycles. The average Bonchev–Trinajstić information content (AvgIpc) is 3.42. The van der Waals surface area contributed by atoms with Gasteiger partial charge in [0, 0.05) is 35.4 Å². The van der Waals surface area contributed by atoms with E-state index >= 15 is 0 Å². The quantitative estimate of drug-likeness (QED) is 0.323. The summed E-state index contributed by atoms with van der Waals surface area (Å²) in [4.78, 5) is 27.6. The highest BCUT2D eigenvalue weighted by atomic mass is 35.5. The van der Waals surface area contributed by atoms with Gasteiger partial charge >= 0.3 is 11.9 Å². The van der Waals surface area contributed by atoms with Crippen LogP contribution in [0.25, 0.3) is 11.1 Å². The Bertz CT molecular complexity index is 1500. The van der Waals surface area contributed by atoms with Gasteiger partial charge in [-0.05, 0) is 38.0 Å². The SMILES string of the molecule is COc1cccc(-c2c(C)n(Cc3c(F)cccc3C(F)(F)F)c(=O)n(CC(CO)NC3CCCC3)c2=O)c1Cl.Cl. The standard InChI is InChI=1S/C28H30ClF4N3O4.ClH/c1-16-24(19-9-5-12-23(40-2)25(19)29)26(38)36(13-18(15-37)34-17-7-3-4-8-17)27(39)35(16)14-20-21(28(31,32)33)10-6-11-22(20)30;/h5-6,9-12,17-18,34,37H,3-4,7-8,13-15H2,1-2H3;1H. The summed E-state index contributed by atoms with van der Waals surface area (Å²) < 4.78 is 63.3. The van der Waals surface area contributed by atoms with Gasteiger partial charge < -0.3 is 15.2 Å². The first-order valence-electron chi connectivity index (χ1n) is 12.9. The molecule has 3 aromatic rings. The Morgan fingerprint density at radius 1 is 1.12 bits per heavy atom. The van der Waals surface area contributed by atoms with Crippen LogP contribution in [-0.2, 0) is 19.3 Å². The number of halogens is 6. The molecule has 41 heavy (non-hydrogen) atoms. The summed E-state index contributed by atoms with van der Waals surface area (Å²) in [6.45, 7) is -0.0481. The van der Waals surface area contributed by atoms with Crippen molar-refractivity contribution in [3.63, 3.8) is 0 Å². The molecule has 13 heteroatoms. The number of hydrogen-bond donors (Lipinski definition) is 2. The molecule has 1 atom stereocenters. The summed E-state index contributed by atoms with van der Waals surface area (Å²) in [7, 11) is 1.38. The topological polar surface area (TPSA) is 85.5 Å². The van der Waals surface area contributed by atoms with Gasteiger partial charge in [-0.1, -0.05) is 42.6 Å². The normalized spacial score (nSPS) is 14.6. The number of benzene rings is 2. The first-order chi connectivity index (χ1) is 19.0. The van der Waals surface area contributed by atoms with Crippen molar-refractivity contribution >= 4 is 24.0 Å². The number of alkyl halides is 3. The van der Waals surface area contributed by atoms with E-state index in [4.69, 9.17) is 16.3 Å². The molecule has 1 aliphatic carbocycles. The Morgan fingerprint density at radius 2 is 1.78 bits per heavy atom. The summed E-state index contributed by atoms with van der Waals surface area (Å²) in [5, 5.41) is 13.4. The Labute approximate surface area is 245 Å². The van der Waals surface area contributed by atoms with Crippen LogP contribution in [-0.4, -0.2) is 40.0 Å². The number of methoxy groups -OCH3 is 1. The molecule has 1 unspecified atom stereocenters. The van der Waals surface area contributed by atoms with Gasteiger partial charge in [-0.2, -0.15) is 13.2 Å². The van der Waals surface area contributed by atoms with Crippen LogP contribution in [0.4, 0.5) is 17.6 Å². The Kier molecular flexibility index (Phi) is 10.7. The third-order valence-electron chi connectivity index (χ3n) is 7.33. The van der Waals surface area contributed by atoms with Gasteiger partial charge in [0.25, 0.3) is 5.56 Å². The molecule has 224 valence electrons. The van der Waals surface area contributed by atoms with Crippen molar-refractivity contribution in [1.82, 2.24) is 14.5 Å². The second-order valence-corrected chi connectivity index (χ2v) is 10.2. The summed E-state index contributed by atoms with van der Waals surface area (Å²) in [6, 6.07) is 6.65. The number of nitrogens with one attached hydrogen (secondary N) is 1. The van der Waals surface area contributed by atoms with Crippen LogP contribution >= 0.6 is 24.0 Å². The molecule has 0 bridgehead atoms. The van der Waals surface area contributed by atoms with E-state index in [1.165, 1.54) is 20.1 Å². The van der Waals surface area contributed by atoms with E-state index in [9.17, 15) is 32.3 Å². The molecule has 7 nitrogen and oxygen atoms in total. The van der Waals surface area contributed by atoms with E-state index in [1.807, 2.05) is 0 Å². The van der Waals surface area contributed by atoms with Crippen LogP contribution in [0.2, 0.25) is 5.02 Å². The van der Waals surface area contributed by atoms with E-state index in [1.54, 1.807) is 12.1 Å². The molecule has 4 rings (SSSR count). The molecular weight excluding hydrogens is 589 g/mol. The predicted octanol–water partition coefficient (Wildman–Crippen LogP) is 5.17. The minimum absolute atomic E-state index is 0. The molecule has 1 heterocycles. The summed E-state index contributed by atoms with van der Waals surface area (Å²) in [5.74, 6) is -0.900. The van der Waals surface area contributed by atoms with Gasteiger partial charge in [0.1, 0.15) is 11.6 Å². The largest absolute Gasteiger partial charge is 0.495 e. The molecule has 2 N–H and O–H groups in total. The van der Waals surface area contributed by atoms with Crippen LogP contribution in [0.5, 0.6) is 5.75 Å². The molecule has 1 saturated carbocycles. The fraction of sp³-hybridized carbons (Fsp3) is 0.429. The zero-order chi connectivity index (χ0) is 29.2. The third-order valence-corrected chi connectivity index (χ3v) is 7.72. The minimum atomic E-state index is -4.88. The smallest absolute Gasteiger partial charge is 0.416 e. The highest BCUT2D eigenvalue weighted by Gasteiger charge is 2.35. The lowest BCUT2D eigenvalue weighted by Crippen LogP contribution is -2.49. The first kappa shape index (κ1) is 32.7. The van der Waals surface area contributed by atoms with Crippen molar-refractivity contribution in [2.75, 3.05) is 13.7 Å². The number of nitrogens with zero attached hydrogens (tertiary/aromatic N) is 2. The van der Waals surface area contributed by atoms with E-state index in [0.29, 0.717) is 0 Å². The number of rotatable bonds is 9. The number of aliphatic hydroxyl groups excluding tert-OH is 1. The monoisotopic (exact) mass is 619 g/mol. The van der Waals surface area contributed by atoms with Gasteiger partial charge in [0.05, 0.1) is 36.4 Å². The average molecular weight is 620 g/mol. The maximum absolute atomic E-state index is 14.8. The predicted molar refractivity (Wildman–Crippen MR) is 151 cm³/mol. The lowest BCUT2D eigenvalue weighted by Gasteiger charge is -2.24. The first-order valence-corrected chi connectivity index (χ1v) is 13.2. The van der Waals surface area contributed by atoms with Crippen LogP contribution in [0.1, 0.15) is 42.5 Å². The number of ether oxygens (including phenoxy) is 1. The van der Waals surface area contributed by atoms with E-state index in [-0.39, 0.29) is 52.6 Å². The van der Waals surface area contributed by atoms with E-state index < -0.39 is 53.6 Å². The number of hydrogen-bond acceptors (Lipinski definition) is 5. The minimum Gasteiger partial charge on any atom is -0.495 e. The highest BCUT2D eigenvalue weighted by molar-refractivity contribution is 6.34. The maximum Gasteiger partial charge on any atom is 0.416 e. The van der Waals surface area contributed by atoms with Crippen LogP contribution in [0.3, 0.4) is 0 Å². The van der Waals surface area contributed by atoms with Crippen molar-refractivity contribution in [1.29, 1.82) is 0 Å². The van der Waals surface area contributed by atoms with Gasteiger partial charge in [0.15, 0.2) is 0 Å². The summed E-state index contributed by atoms with van der Waals surface area (Å²) in [6.07, 6.45) is -1.11. The molecule has 0 saturated heterocycles. The number of aliphatic hydroxyl groups is 1. The molecule has 1 aromatic heterocycles. The Hall–Kier alpha value is -2.86. The second-order valence-electron chi connectivity index (χ2n) is 9.86. The van der Waals surface area contributed by atoms with Gasteiger partial charge in [-0.15, -0.1) is 12.4 Å². The summed E-state index contributed by atoms with van der Waals surface area (Å²) >= 11 is 6.53. The fourth-order valence-electron chi connectivity index (χ4n) is 5.27. The van der Waals surface area contributed by atoms with Crippen molar-refractivity contribution < 1.29 is 27.4 Å². The third kappa shape index (κ3) is 6.80. The lowest BCUT2D eigenvalue weighted by molar-refractivity contribution is -0.138. The van der Waals surface area contributed by atoms with Crippen LogP contribution in [0.15, 0.2) is 46.0 Å². The van der Waals surface area contributed by atoms with Crippen molar-refractivity contribution in [3.05, 3.63) is 84.9 Å². The van der Waals surface area contributed by atoms with Crippen molar-refractivity contribution in [2.45, 2.75) is 64.0 Å². The molecule has 0 amide bonds. The highest BCUT2D eigenvalue weighted by Crippen LogP contribution is 2.36. The summed E-state index contributed by atoms with van der Waals surface area (Å²) in [5.41, 5.74) is -3.50. The molecule has 0 radical (unpaired) electrons. The second kappa shape index (κ2) is 13.4. The van der Waals surface area contributed by atoms with E-state index in [0.717, 1.165) is 53.0 Å². The molecular formula is C28H31Cl2F4N3O4. The van der Waals surface area contributed by atoms with Crippen molar-refractivity contribution in [3.8, 4) is 16.9 Å². The Balaban J connectivity index is 0.00000462. The zero-order valence-electron chi connectivity index (χ0n) is 22.4.